The number of hydrogen-bond acceptors (Lipinski definition) is 1. The lowest BCUT2D eigenvalue weighted by Gasteiger charge is -2.42. The summed E-state index contributed by atoms with van der Waals surface area (Å²) in [6, 6.07) is 6.58. The van der Waals surface area contributed by atoms with Crippen LogP contribution in [0.3, 0.4) is 0 Å². The highest BCUT2D eigenvalue weighted by Crippen LogP contribution is 2.41. The van der Waals surface area contributed by atoms with E-state index in [4.69, 9.17) is 5.73 Å². The average Bonchev–Trinajstić information content (AvgIpc) is 2.33. The van der Waals surface area contributed by atoms with Crippen LogP contribution in [0, 0.1) is 25.2 Å². The van der Waals surface area contributed by atoms with Gasteiger partial charge in [-0.3, -0.25) is 0 Å². The van der Waals surface area contributed by atoms with Gasteiger partial charge in [0.1, 0.15) is 0 Å². The van der Waals surface area contributed by atoms with Gasteiger partial charge in [-0.05, 0) is 74.0 Å². The Bertz CT molecular complexity index is 439. The Kier molecular flexibility index (Phi) is 4.30. The quantitative estimate of drug-likeness (QED) is 0.824. The number of hydrogen-bond donors (Lipinski definition) is 1. The molecule has 0 atom stereocenters. The van der Waals surface area contributed by atoms with Crippen molar-refractivity contribution in [3.63, 3.8) is 0 Å². The van der Waals surface area contributed by atoms with Crippen LogP contribution >= 0.6 is 0 Å². The molecule has 1 aliphatic rings. The molecule has 0 unspecified atom stereocenters. The standard InChI is InChI=1S/C19H31N/c1-14-7-6-8-15(2)17(14)13-19(20)11-9-16(10-12-19)18(3,4)5/h6-8,16H,9-13,20H2,1-5H3. The number of aryl methyl sites for hydroxylation is 2. The van der Waals surface area contributed by atoms with Crippen molar-refractivity contribution in [3.05, 3.63) is 34.9 Å². The monoisotopic (exact) mass is 273 g/mol. The third kappa shape index (κ3) is 3.44. The second-order valence-electron chi connectivity index (χ2n) is 8.05. The van der Waals surface area contributed by atoms with Crippen LogP contribution in [-0.2, 0) is 6.42 Å². The molecule has 2 N–H and O–H groups in total. The predicted octanol–water partition coefficient (Wildman–Crippen LogP) is 4.78. The van der Waals surface area contributed by atoms with Gasteiger partial charge in [0, 0.05) is 5.54 Å². The first-order chi connectivity index (χ1) is 9.21. The fourth-order valence-corrected chi connectivity index (χ4v) is 3.72. The first-order valence-electron chi connectivity index (χ1n) is 8.05. The van der Waals surface area contributed by atoms with Crippen LogP contribution in [0.4, 0.5) is 0 Å². The van der Waals surface area contributed by atoms with Crippen molar-refractivity contribution in [2.45, 2.75) is 72.3 Å². The number of rotatable bonds is 2. The van der Waals surface area contributed by atoms with Crippen LogP contribution in [0.1, 0.15) is 63.1 Å². The van der Waals surface area contributed by atoms with E-state index in [9.17, 15) is 0 Å². The van der Waals surface area contributed by atoms with Crippen LogP contribution in [0.15, 0.2) is 18.2 Å². The summed E-state index contributed by atoms with van der Waals surface area (Å²) in [5, 5.41) is 0. The molecule has 0 aliphatic heterocycles. The second-order valence-corrected chi connectivity index (χ2v) is 8.05. The zero-order valence-corrected chi connectivity index (χ0v) is 13.9. The minimum atomic E-state index is 0.0125. The molecule has 1 aliphatic carbocycles. The van der Waals surface area contributed by atoms with Crippen molar-refractivity contribution < 1.29 is 0 Å². The van der Waals surface area contributed by atoms with Gasteiger partial charge in [-0.25, -0.2) is 0 Å². The molecule has 0 spiro atoms. The first kappa shape index (κ1) is 15.6. The Hall–Kier alpha value is -0.820. The lowest BCUT2D eigenvalue weighted by Crippen LogP contribution is -2.47. The lowest BCUT2D eigenvalue weighted by atomic mass is 9.66. The SMILES string of the molecule is Cc1cccc(C)c1CC1(N)CCC(C(C)(C)C)CC1. The van der Waals surface area contributed by atoms with E-state index in [0.717, 1.165) is 12.3 Å². The summed E-state index contributed by atoms with van der Waals surface area (Å²) in [7, 11) is 0. The fourth-order valence-electron chi connectivity index (χ4n) is 3.72. The molecule has 0 heterocycles. The minimum Gasteiger partial charge on any atom is -0.325 e. The van der Waals surface area contributed by atoms with Crippen LogP contribution < -0.4 is 5.73 Å². The molecular weight excluding hydrogens is 242 g/mol. The maximum Gasteiger partial charge on any atom is 0.0195 e. The largest absolute Gasteiger partial charge is 0.325 e. The summed E-state index contributed by atoms with van der Waals surface area (Å²) in [5.74, 6) is 0.831. The molecule has 0 bridgehead atoms. The maximum absolute atomic E-state index is 6.73. The Balaban J connectivity index is 2.08. The van der Waals surface area contributed by atoms with Crippen LogP contribution in [0.25, 0.3) is 0 Å². The Morgan fingerprint density at radius 2 is 1.60 bits per heavy atom. The molecule has 1 aromatic rings. The third-order valence-corrected chi connectivity index (χ3v) is 5.38. The Morgan fingerprint density at radius 3 is 2.05 bits per heavy atom. The molecule has 0 radical (unpaired) electrons. The molecule has 1 fully saturated rings. The van der Waals surface area contributed by atoms with Crippen LogP contribution in [0.5, 0.6) is 0 Å². The van der Waals surface area contributed by atoms with E-state index in [1.165, 1.54) is 42.4 Å². The lowest BCUT2D eigenvalue weighted by molar-refractivity contribution is 0.134. The summed E-state index contributed by atoms with van der Waals surface area (Å²) in [6.07, 6.45) is 5.95. The van der Waals surface area contributed by atoms with Gasteiger partial charge in [-0.15, -0.1) is 0 Å². The van der Waals surface area contributed by atoms with Gasteiger partial charge in [0.15, 0.2) is 0 Å². The van der Waals surface area contributed by atoms with Crippen molar-refractivity contribution in [3.8, 4) is 0 Å². The number of nitrogens with two attached hydrogens (primary N) is 1. The number of benzene rings is 1. The van der Waals surface area contributed by atoms with E-state index in [2.05, 4.69) is 52.8 Å². The van der Waals surface area contributed by atoms with E-state index in [1.807, 2.05) is 0 Å². The predicted molar refractivity (Wildman–Crippen MR) is 88.0 cm³/mol. The Labute approximate surface area is 125 Å². The fraction of sp³-hybridized carbons (Fsp3) is 0.684. The second kappa shape index (κ2) is 5.52. The summed E-state index contributed by atoms with van der Waals surface area (Å²) < 4.78 is 0. The van der Waals surface area contributed by atoms with E-state index in [1.54, 1.807) is 0 Å². The highest BCUT2D eigenvalue weighted by molar-refractivity contribution is 5.35. The Morgan fingerprint density at radius 1 is 1.10 bits per heavy atom. The van der Waals surface area contributed by atoms with Gasteiger partial charge >= 0.3 is 0 Å². The zero-order valence-electron chi connectivity index (χ0n) is 13.9. The molecule has 1 saturated carbocycles. The summed E-state index contributed by atoms with van der Waals surface area (Å²) in [6.45, 7) is 11.5. The van der Waals surface area contributed by atoms with Gasteiger partial charge in [0.2, 0.25) is 0 Å². The van der Waals surface area contributed by atoms with Gasteiger partial charge in [-0.1, -0.05) is 39.0 Å². The van der Waals surface area contributed by atoms with Crippen molar-refractivity contribution in [1.29, 1.82) is 0 Å². The third-order valence-electron chi connectivity index (χ3n) is 5.38. The van der Waals surface area contributed by atoms with Crippen molar-refractivity contribution in [2.24, 2.45) is 17.1 Å². The molecule has 1 nitrogen and oxygen atoms in total. The molecule has 1 heteroatoms. The highest BCUT2D eigenvalue weighted by Gasteiger charge is 2.36. The highest BCUT2D eigenvalue weighted by atomic mass is 14.7. The minimum absolute atomic E-state index is 0.0125. The molecule has 2 rings (SSSR count). The topological polar surface area (TPSA) is 26.0 Å². The molecule has 0 aromatic heterocycles. The van der Waals surface area contributed by atoms with E-state index >= 15 is 0 Å². The van der Waals surface area contributed by atoms with E-state index in [0.29, 0.717) is 5.41 Å². The molecule has 1 aromatic carbocycles. The van der Waals surface area contributed by atoms with Crippen LogP contribution in [0.2, 0.25) is 0 Å². The van der Waals surface area contributed by atoms with E-state index in [-0.39, 0.29) is 5.54 Å². The smallest absolute Gasteiger partial charge is 0.0195 e. The van der Waals surface area contributed by atoms with Gasteiger partial charge in [-0.2, -0.15) is 0 Å². The van der Waals surface area contributed by atoms with Gasteiger partial charge in [0.05, 0.1) is 0 Å². The summed E-state index contributed by atoms with van der Waals surface area (Å²) in [4.78, 5) is 0. The first-order valence-corrected chi connectivity index (χ1v) is 8.05. The summed E-state index contributed by atoms with van der Waals surface area (Å²) >= 11 is 0. The normalized spacial score (nSPS) is 27.6. The van der Waals surface area contributed by atoms with Crippen molar-refractivity contribution in [1.82, 2.24) is 0 Å². The molecule has 112 valence electrons. The molecular formula is C19H31N. The zero-order chi connectivity index (χ0) is 15.0. The maximum atomic E-state index is 6.73. The summed E-state index contributed by atoms with van der Waals surface area (Å²) in [5.41, 5.74) is 11.4. The van der Waals surface area contributed by atoms with Crippen molar-refractivity contribution >= 4 is 0 Å². The van der Waals surface area contributed by atoms with Gasteiger partial charge < -0.3 is 5.73 Å². The molecule has 20 heavy (non-hydrogen) atoms. The van der Waals surface area contributed by atoms with Gasteiger partial charge in [0.25, 0.3) is 0 Å². The van der Waals surface area contributed by atoms with Crippen LogP contribution in [-0.4, -0.2) is 5.54 Å². The van der Waals surface area contributed by atoms with Crippen molar-refractivity contribution in [2.75, 3.05) is 0 Å². The molecule has 0 saturated heterocycles. The van der Waals surface area contributed by atoms with E-state index < -0.39 is 0 Å². The molecule has 0 amide bonds. The average molecular weight is 273 g/mol.